The van der Waals surface area contributed by atoms with Crippen LogP contribution in [-0.4, -0.2) is 36.3 Å². The van der Waals surface area contributed by atoms with Gasteiger partial charge in [0, 0.05) is 24.3 Å². The molecule has 1 aromatic heterocycles. The monoisotopic (exact) mass is 441 g/mol. The van der Waals surface area contributed by atoms with Crippen LogP contribution in [0.1, 0.15) is 25.7 Å². The summed E-state index contributed by atoms with van der Waals surface area (Å²) in [5.74, 6) is -1.38. The topological polar surface area (TPSA) is 88.5 Å². The molecule has 2 aromatic rings. The van der Waals surface area contributed by atoms with Crippen molar-refractivity contribution in [1.29, 1.82) is 0 Å². The third-order valence-electron chi connectivity index (χ3n) is 4.69. The first-order chi connectivity index (χ1) is 13.8. The normalized spacial score (nSPS) is 15.7. The molecule has 10 heteroatoms. The fourth-order valence-electron chi connectivity index (χ4n) is 3.19. The maximum absolute atomic E-state index is 13.8. The summed E-state index contributed by atoms with van der Waals surface area (Å²) in [5.41, 5.74) is -0.871. The van der Waals surface area contributed by atoms with Crippen LogP contribution in [0.3, 0.4) is 0 Å². The van der Waals surface area contributed by atoms with E-state index in [1.807, 2.05) is 0 Å². The molecule has 1 amide bonds. The van der Waals surface area contributed by atoms with E-state index in [2.05, 4.69) is 5.32 Å². The molecule has 1 aliphatic heterocycles. The van der Waals surface area contributed by atoms with Crippen LogP contribution in [0.4, 0.5) is 10.1 Å². The van der Waals surface area contributed by atoms with Crippen molar-refractivity contribution in [1.82, 2.24) is 8.87 Å². The minimum atomic E-state index is -3.95. The smallest absolute Gasteiger partial charge is 0.271 e. The number of anilines is 1. The molecule has 0 unspecified atom stereocenters. The second-order valence-corrected chi connectivity index (χ2v) is 9.14. The van der Waals surface area contributed by atoms with Crippen molar-refractivity contribution in [3.63, 3.8) is 0 Å². The molecular formula is C19H21ClFN3O4S. The van der Waals surface area contributed by atoms with E-state index in [1.54, 1.807) is 0 Å². The Labute approximate surface area is 173 Å². The first kappa shape index (κ1) is 21.5. The molecular weight excluding hydrogens is 421 g/mol. The highest BCUT2D eigenvalue weighted by Crippen LogP contribution is 2.19. The Morgan fingerprint density at radius 1 is 1.14 bits per heavy atom. The lowest BCUT2D eigenvalue weighted by atomic mass is 10.2. The standard InChI is InChI=1S/C19H21ClFN3O4S/c20-14-7-8-16(15(21)12-14)22-18(25)13-23-9-5-6-17(19(23)26)29(27,28)24-10-3-1-2-4-11-24/h5-9,12H,1-4,10-11,13H2,(H,22,25). The number of amides is 1. The second-order valence-electron chi connectivity index (χ2n) is 6.80. The van der Waals surface area contributed by atoms with Gasteiger partial charge >= 0.3 is 0 Å². The van der Waals surface area contributed by atoms with Crippen molar-refractivity contribution < 1.29 is 17.6 Å². The van der Waals surface area contributed by atoms with Crippen LogP contribution in [-0.2, 0) is 21.4 Å². The van der Waals surface area contributed by atoms with Crippen LogP contribution >= 0.6 is 11.6 Å². The number of halogens is 2. The molecule has 0 bridgehead atoms. The number of nitrogens with one attached hydrogen (secondary N) is 1. The van der Waals surface area contributed by atoms with E-state index in [0.29, 0.717) is 13.1 Å². The van der Waals surface area contributed by atoms with Crippen molar-refractivity contribution >= 4 is 33.2 Å². The van der Waals surface area contributed by atoms with Crippen molar-refractivity contribution in [2.24, 2.45) is 0 Å². The lowest BCUT2D eigenvalue weighted by Crippen LogP contribution is -2.37. The fraction of sp³-hybridized carbons (Fsp3) is 0.368. The van der Waals surface area contributed by atoms with Crippen LogP contribution < -0.4 is 10.9 Å². The Morgan fingerprint density at radius 2 is 1.83 bits per heavy atom. The predicted octanol–water partition coefficient (Wildman–Crippen LogP) is 2.84. The van der Waals surface area contributed by atoms with Gasteiger partial charge in [-0.1, -0.05) is 24.4 Å². The minimum Gasteiger partial charge on any atom is -0.322 e. The lowest BCUT2D eigenvalue weighted by molar-refractivity contribution is -0.116. The molecule has 1 N–H and O–H groups in total. The molecule has 1 saturated heterocycles. The van der Waals surface area contributed by atoms with Crippen LogP contribution in [0.5, 0.6) is 0 Å². The Hall–Kier alpha value is -2.23. The SMILES string of the molecule is O=C(Cn1cccc(S(=O)(=O)N2CCCCCC2)c1=O)Nc1ccc(Cl)cc1F. The Balaban J connectivity index is 1.81. The van der Waals surface area contributed by atoms with E-state index < -0.39 is 33.9 Å². The molecule has 0 saturated carbocycles. The van der Waals surface area contributed by atoms with E-state index >= 15 is 0 Å². The van der Waals surface area contributed by atoms with Gasteiger partial charge in [0.05, 0.1) is 5.69 Å². The molecule has 0 radical (unpaired) electrons. The Kier molecular flexibility index (Phi) is 6.71. The zero-order valence-corrected chi connectivity index (χ0v) is 17.2. The van der Waals surface area contributed by atoms with Gasteiger partial charge in [0.25, 0.3) is 5.56 Å². The van der Waals surface area contributed by atoms with E-state index in [-0.39, 0.29) is 15.6 Å². The van der Waals surface area contributed by atoms with Crippen LogP contribution in [0.25, 0.3) is 0 Å². The number of benzene rings is 1. The van der Waals surface area contributed by atoms with Gasteiger partial charge in [0.15, 0.2) is 0 Å². The summed E-state index contributed by atoms with van der Waals surface area (Å²) < 4.78 is 42.0. The van der Waals surface area contributed by atoms with Gasteiger partial charge in [0.1, 0.15) is 17.3 Å². The van der Waals surface area contributed by atoms with Gasteiger partial charge in [-0.05, 0) is 43.2 Å². The van der Waals surface area contributed by atoms with E-state index in [0.717, 1.165) is 36.3 Å². The number of carbonyl (C=O) groups excluding carboxylic acids is 1. The van der Waals surface area contributed by atoms with Crippen LogP contribution in [0.15, 0.2) is 46.2 Å². The average Bonchev–Trinajstić information content (AvgIpc) is 2.96. The average molecular weight is 442 g/mol. The Bertz CT molecular complexity index is 1060. The van der Waals surface area contributed by atoms with Gasteiger partial charge in [-0.25, -0.2) is 12.8 Å². The molecule has 156 valence electrons. The van der Waals surface area contributed by atoms with Gasteiger partial charge in [-0.2, -0.15) is 4.31 Å². The first-order valence-electron chi connectivity index (χ1n) is 9.23. The highest BCUT2D eigenvalue weighted by atomic mass is 35.5. The molecule has 0 aliphatic carbocycles. The number of sulfonamides is 1. The molecule has 0 spiro atoms. The third-order valence-corrected chi connectivity index (χ3v) is 6.83. The molecule has 0 atom stereocenters. The molecule has 2 heterocycles. The highest BCUT2D eigenvalue weighted by Gasteiger charge is 2.28. The number of carbonyl (C=O) groups is 1. The van der Waals surface area contributed by atoms with Gasteiger partial charge in [-0.15, -0.1) is 0 Å². The summed E-state index contributed by atoms with van der Waals surface area (Å²) in [6, 6.07) is 6.43. The first-order valence-corrected chi connectivity index (χ1v) is 11.1. The van der Waals surface area contributed by atoms with Crippen molar-refractivity contribution in [3.05, 3.63) is 57.7 Å². The number of pyridine rings is 1. The molecule has 3 rings (SSSR count). The summed E-state index contributed by atoms with van der Waals surface area (Å²) >= 11 is 5.68. The Morgan fingerprint density at radius 3 is 2.48 bits per heavy atom. The maximum atomic E-state index is 13.8. The number of aromatic nitrogens is 1. The summed E-state index contributed by atoms with van der Waals surface area (Å²) in [5, 5.41) is 2.53. The van der Waals surface area contributed by atoms with Crippen molar-refractivity contribution in [2.75, 3.05) is 18.4 Å². The number of hydrogen-bond donors (Lipinski definition) is 1. The highest BCUT2D eigenvalue weighted by molar-refractivity contribution is 7.89. The van der Waals surface area contributed by atoms with E-state index in [9.17, 15) is 22.4 Å². The zero-order chi connectivity index (χ0) is 21.0. The largest absolute Gasteiger partial charge is 0.322 e. The lowest BCUT2D eigenvalue weighted by Gasteiger charge is -2.20. The third kappa shape index (κ3) is 5.04. The summed E-state index contributed by atoms with van der Waals surface area (Å²) in [6.45, 7) is 0.282. The van der Waals surface area contributed by atoms with E-state index in [1.165, 1.54) is 34.8 Å². The van der Waals surface area contributed by atoms with Crippen LogP contribution in [0.2, 0.25) is 5.02 Å². The maximum Gasteiger partial charge on any atom is 0.271 e. The molecule has 1 aliphatic rings. The van der Waals surface area contributed by atoms with Gasteiger partial charge in [-0.3, -0.25) is 9.59 Å². The minimum absolute atomic E-state index is 0.0826. The molecule has 1 fully saturated rings. The van der Waals surface area contributed by atoms with Crippen molar-refractivity contribution in [3.8, 4) is 0 Å². The summed E-state index contributed by atoms with van der Waals surface area (Å²) in [7, 11) is -3.95. The van der Waals surface area contributed by atoms with Gasteiger partial charge in [0.2, 0.25) is 15.9 Å². The zero-order valence-electron chi connectivity index (χ0n) is 15.6. The quantitative estimate of drug-likeness (QED) is 0.772. The van der Waals surface area contributed by atoms with Crippen LogP contribution in [0, 0.1) is 5.82 Å². The second kappa shape index (κ2) is 9.06. The number of hydrogen-bond acceptors (Lipinski definition) is 4. The number of nitrogens with zero attached hydrogens (tertiary/aromatic N) is 2. The summed E-state index contributed by atoms with van der Waals surface area (Å²) in [4.78, 5) is 24.6. The van der Waals surface area contributed by atoms with E-state index in [4.69, 9.17) is 11.6 Å². The summed E-state index contributed by atoms with van der Waals surface area (Å²) in [6.07, 6.45) is 4.71. The molecule has 29 heavy (non-hydrogen) atoms. The van der Waals surface area contributed by atoms with Crippen molar-refractivity contribution in [2.45, 2.75) is 37.1 Å². The molecule has 7 nitrogen and oxygen atoms in total. The molecule has 1 aromatic carbocycles. The van der Waals surface area contributed by atoms with Gasteiger partial charge < -0.3 is 9.88 Å². The number of rotatable bonds is 5. The fourth-order valence-corrected chi connectivity index (χ4v) is 4.96. The predicted molar refractivity (Wildman–Crippen MR) is 108 cm³/mol.